The van der Waals surface area contributed by atoms with E-state index in [9.17, 15) is 14.1 Å². The van der Waals surface area contributed by atoms with Gasteiger partial charge < -0.3 is 5.11 Å². The third-order valence-electron chi connectivity index (χ3n) is 6.50. The van der Waals surface area contributed by atoms with Gasteiger partial charge in [0.05, 0.1) is 21.1 Å². The lowest BCUT2D eigenvalue weighted by Gasteiger charge is -2.20. The second-order valence-electron chi connectivity index (χ2n) is 9.46. The third-order valence-corrected chi connectivity index (χ3v) is 10.3. The Labute approximate surface area is 183 Å². The summed E-state index contributed by atoms with van der Waals surface area (Å²) >= 11 is 1.17. The molecule has 162 valence electrons. The van der Waals surface area contributed by atoms with Crippen molar-refractivity contribution in [2.45, 2.75) is 75.0 Å². The molecule has 6 heteroatoms. The molecule has 0 saturated heterocycles. The number of fused-ring (bicyclic) bond motifs is 1. The summed E-state index contributed by atoms with van der Waals surface area (Å²) in [5, 5.41) is 10.2. The molecule has 2 N–H and O–H groups in total. The maximum atomic E-state index is 13.1. The molecule has 0 bridgehead atoms. The van der Waals surface area contributed by atoms with Gasteiger partial charge in [0.1, 0.15) is 4.21 Å². The molecular weight excluding hydrogens is 414 g/mol. The summed E-state index contributed by atoms with van der Waals surface area (Å²) in [6.45, 7) is 5.59. The SMILES string of the molecule is C[C@@H](c1ccc2c(c1CC(=O)CS(=N)(=O)c1ccc(C(C)(C)O)s1)CCC2)C1CC1. The second-order valence-corrected chi connectivity index (χ2v) is 12.9. The molecule has 2 atom stereocenters. The molecule has 1 aromatic carbocycles. The van der Waals surface area contributed by atoms with Crippen LogP contribution in [0, 0.1) is 10.7 Å². The van der Waals surface area contributed by atoms with Gasteiger partial charge in [-0.25, -0.2) is 8.99 Å². The number of nitrogens with one attached hydrogen (secondary N) is 1. The van der Waals surface area contributed by atoms with Crippen molar-refractivity contribution < 1.29 is 14.1 Å². The molecule has 1 unspecified atom stereocenters. The summed E-state index contributed by atoms with van der Waals surface area (Å²) < 4.78 is 21.8. The van der Waals surface area contributed by atoms with Crippen molar-refractivity contribution in [2.75, 3.05) is 5.75 Å². The van der Waals surface area contributed by atoms with E-state index in [-0.39, 0.29) is 18.0 Å². The van der Waals surface area contributed by atoms with Crippen LogP contribution in [0.4, 0.5) is 0 Å². The van der Waals surface area contributed by atoms with E-state index in [2.05, 4.69) is 19.1 Å². The minimum atomic E-state index is -3.21. The van der Waals surface area contributed by atoms with E-state index in [1.165, 1.54) is 40.9 Å². The zero-order valence-corrected chi connectivity index (χ0v) is 19.6. The molecule has 0 radical (unpaired) electrons. The Morgan fingerprint density at radius 3 is 2.63 bits per heavy atom. The van der Waals surface area contributed by atoms with Gasteiger partial charge >= 0.3 is 0 Å². The van der Waals surface area contributed by atoms with Gasteiger partial charge in [0.15, 0.2) is 5.78 Å². The van der Waals surface area contributed by atoms with Crippen molar-refractivity contribution in [1.82, 2.24) is 0 Å². The Morgan fingerprint density at radius 2 is 2.00 bits per heavy atom. The van der Waals surface area contributed by atoms with Gasteiger partial charge in [-0.3, -0.25) is 4.79 Å². The standard InChI is InChI=1S/C24H31NO3S2/c1-15(16-7-8-16)19-10-9-17-5-4-6-20(17)21(19)13-18(26)14-30(25,28)23-12-11-22(29-23)24(2,3)27/h9-12,15-16,25,27H,4-8,13-14H2,1-3H3/t15-,30?/m1/s1. The predicted molar refractivity (Wildman–Crippen MR) is 122 cm³/mol. The van der Waals surface area contributed by atoms with E-state index < -0.39 is 15.3 Å². The first kappa shape index (κ1) is 21.7. The summed E-state index contributed by atoms with van der Waals surface area (Å²) in [5.41, 5.74) is 4.06. The Morgan fingerprint density at radius 1 is 1.27 bits per heavy atom. The largest absolute Gasteiger partial charge is 0.385 e. The second kappa shape index (κ2) is 7.88. The molecule has 0 amide bonds. The number of hydrogen-bond acceptors (Lipinski definition) is 5. The molecule has 4 nitrogen and oxygen atoms in total. The maximum absolute atomic E-state index is 13.1. The van der Waals surface area contributed by atoms with Crippen LogP contribution in [-0.4, -0.2) is 20.9 Å². The average Bonchev–Trinajstić information content (AvgIpc) is 3.16. The van der Waals surface area contributed by atoms with Crippen LogP contribution in [0.5, 0.6) is 0 Å². The number of benzene rings is 1. The van der Waals surface area contributed by atoms with Crippen molar-refractivity contribution >= 4 is 26.8 Å². The van der Waals surface area contributed by atoms with Crippen LogP contribution in [0.1, 0.15) is 73.1 Å². The van der Waals surface area contributed by atoms with Gasteiger partial charge in [0.2, 0.25) is 0 Å². The first-order chi connectivity index (χ1) is 14.1. The smallest absolute Gasteiger partial charge is 0.151 e. The number of hydrogen-bond donors (Lipinski definition) is 2. The highest BCUT2D eigenvalue weighted by molar-refractivity contribution is 7.95. The molecule has 1 heterocycles. The summed E-state index contributed by atoms with van der Waals surface area (Å²) in [6.07, 6.45) is 6.00. The molecule has 0 spiro atoms. The van der Waals surface area contributed by atoms with Crippen molar-refractivity contribution in [3.8, 4) is 0 Å². The number of thiophene rings is 1. The zero-order chi connectivity index (χ0) is 21.7. The Bertz CT molecular complexity index is 1070. The summed E-state index contributed by atoms with van der Waals surface area (Å²) in [5.74, 6) is 0.772. The van der Waals surface area contributed by atoms with Crippen molar-refractivity contribution in [3.63, 3.8) is 0 Å². The van der Waals surface area contributed by atoms with Gasteiger partial charge in [0, 0.05) is 11.3 Å². The molecule has 1 saturated carbocycles. The van der Waals surface area contributed by atoms with Crippen LogP contribution in [0.2, 0.25) is 0 Å². The number of aliphatic hydroxyl groups is 1. The van der Waals surface area contributed by atoms with E-state index >= 15 is 0 Å². The van der Waals surface area contributed by atoms with Gasteiger partial charge in [-0.2, -0.15) is 0 Å². The highest BCUT2D eigenvalue weighted by Gasteiger charge is 2.32. The van der Waals surface area contributed by atoms with Gasteiger partial charge in [-0.1, -0.05) is 19.1 Å². The molecule has 2 aromatic rings. The topological polar surface area (TPSA) is 78.2 Å². The van der Waals surface area contributed by atoms with Crippen LogP contribution in [0.3, 0.4) is 0 Å². The monoisotopic (exact) mass is 445 g/mol. The number of aryl methyl sites for hydroxylation is 1. The van der Waals surface area contributed by atoms with Crippen LogP contribution in [0.15, 0.2) is 28.5 Å². The van der Waals surface area contributed by atoms with E-state index in [0.29, 0.717) is 20.9 Å². The molecular formula is C24H31NO3S2. The van der Waals surface area contributed by atoms with Crippen molar-refractivity contribution in [2.24, 2.45) is 5.92 Å². The lowest BCUT2D eigenvalue weighted by atomic mass is 9.86. The van der Waals surface area contributed by atoms with E-state index in [0.717, 1.165) is 24.8 Å². The first-order valence-corrected chi connectivity index (χ1v) is 13.3. The van der Waals surface area contributed by atoms with Gasteiger partial charge in [0.25, 0.3) is 0 Å². The van der Waals surface area contributed by atoms with Crippen LogP contribution < -0.4 is 0 Å². The first-order valence-electron chi connectivity index (χ1n) is 10.8. The molecule has 1 fully saturated rings. The normalized spacial score (nSPS) is 19.3. The molecule has 2 aliphatic carbocycles. The molecule has 1 aromatic heterocycles. The fraction of sp³-hybridized carbons (Fsp3) is 0.542. The Balaban J connectivity index is 1.57. The van der Waals surface area contributed by atoms with E-state index in [1.54, 1.807) is 26.0 Å². The summed E-state index contributed by atoms with van der Waals surface area (Å²) in [7, 11) is -3.21. The Kier molecular flexibility index (Phi) is 5.71. The number of carbonyl (C=O) groups excluding carboxylic acids is 1. The number of carbonyl (C=O) groups is 1. The predicted octanol–water partition coefficient (Wildman–Crippen LogP) is 5.20. The number of ketones is 1. The summed E-state index contributed by atoms with van der Waals surface area (Å²) in [4.78, 5) is 13.7. The highest BCUT2D eigenvalue weighted by Crippen LogP contribution is 2.44. The Hall–Kier alpha value is -1.50. The quantitative estimate of drug-likeness (QED) is 0.586. The number of Topliss-reactive ketones (excluding diaryl/α,β-unsaturated/α-hetero) is 1. The van der Waals surface area contributed by atoms with E-state index in [4.69, 9.17) is 4.78 Å². The average molecular weight is 446 g/mol. The van der Waals surface area contributed by atoms with Crippen molar-refractivity contribution in [1.29, 1.82) is 4.78 Å². The minimum absolute atomic E-state index is 0.127. The lowest BCUT2D eigenvalue weighted by Crippen LogP contribution is -2.19. The van der Waals surface area contributed by atoms with E-state index in [1.807, 2.05) is 0 Å². The molecule has 30 heavy (non-hydrogen) atoms. The number of rotatable bonds is 8. The van der Waals surface area contributed by atoms with Crippen molar-refractivity contribution in [3.05, 3.63) is 51.4 Å². The molecule has 4 rings (SSSR count). The molecule has 2 aliphatic rings. The fourth-order valence-corrected chi connectivity index (χ4v) is 7.33. The fourth-order valence-electron chi connectivity index (χ4n) is 4.62. The van der Waals surface area contributed by atoms with Crippen LogP contribution in [-0.2, 0) is 39.4 Å². The van der Waals surface area contributed by atoms with Crippen LogP contribution in [0.25, 0.3) is 0 Å². The van der Waals surface area contributed by atoms with Crippen LogP contribution >= 0.6 is 11.3 Å². The third kappa shape index (κ3) is 4.41. The minimum Gasteiger partial charge on any atom is -0.385 e. The lowest BCUT2D eigenvalue weighted by molar-refractivity contribution is -0.116. The summed E-state index contributed by atoms with van der Waals surface area (Å²) in [6, 6.07) is 7.78. The molecule has 0 aliphatic heterocycles. The van der Waals surface area contributed by atoms with Gasteiger partial charge in [-0.15, -0.1) is 11.3 Å². The maximum Gasteiger partial charge on any atom is 0.151 e. The van der Waals surface area contributed by atoms with Gasteiger partial charge in [-0.05, 0) is 92.2 Å². The highest BCUT2D eigenvalue weighted by atomic mass is 32.2. The zero-order valence-electron chi connectivity index (χ0n) is 18.0.